The molecule has 7 nitrogen and oxygen atoms in total. The van der Waals surface area contributed by atoms with Crippen molar-refractivity contribution in [2.75, 3.05) is 19.1 Å². The number of carbonyl (C=O) groups is 1. The predicted molar refractivity (Wildman–Crippen MR) is 91.0 cm³/mol. The molecule has 2 rings (SSSR count). The maximum atomic E-state index is 11.8. The van der Waals surface area contributed by atoms with Gasteiger partial charge in [0.15, 0.2) is 0 Å². The Balaban J connectivity index is 1.65. The molecule has 0 aliphatic carbocycles. The first-order chi connectivity index (χ1) is 11.6. The summed E-state index contributed by atoms with van der Waals surface area (Å²) in [6.07, 6.45) is 0.946. The van der Waals surface area contributed by atoms with Crippen LogP contribution in [0.2, 0.25) is 0 Å². The summed E-state index contributed by atoms with van der Waals surface area (Å²) in [4.78, 5) is 20.1. The summed E-state index contributed by atoms with van der Waals surface area (Å²) in [7, 11) is 1.62. The molecule has 24 heavy (non-hydrogen) atoms. The van der Waals surface area contributed by atoms with Crippen LogP contribution in [0.3, 0.4) is 0 Å². The second kappa shape index (κ2) is 8.71. The van der Waals surface area contributed by atoms with E-state index in [1.807, 2.05) is 44.2 Å². The summed E-state index contributed by atoms with van der Waals surface area (Å²) < 4.78 is 10.6. The zero-order valence-electron chi connectivity index (χ0n) is 14.1. The van der Waals surface area contributed by atoms with Crippen molar-refractivity contribution in [2.45, 2.75) is 26.7 Å². The van der Waals surface area contributed by atoms with Crippen molar-refractivity contribution in [3.05, 3.63) is 41.7 Å². The van der Waals surface area contributed by atoms with Crippen molar-refractivity contribution >= 4 is 11.9 Å². The first-order valence-electron chi connectivity index (χ1n) is 7.71. The van der Waals surface area contributed by atoms with Crippen LogP contribution < -0.4 is 20.3 Å². The zero-order chi connectivity index (χ0) is 17.4. The summed E-state index contributed by atoms with van der Waals surface area (Å²) in [5.74, 6) is 1.77. The minimum atomic E-state index is -0.143. The SMILES string of the molecule is COc1ccc(OCCCC(=O)NNc2nc(C)cc(C)n2)cc1. The number of benzene rings is 1. The lowest BCUT2D eigenvalue weighted by atomic mass is 10.3. The topological polar surface area (TPSA) is 85.4 Å². The molecule has 0 aliphatic heterocycles. The van der Waals surface area contributed by atoms with Crippen LogP contribution in [0.1, 0.15) is 24.2 Å². The number of hydrogen-bond acceptors (Lipinski definition) is 6. The highest BCUT2D eigenvalue weighted by Gasteiger charge is 2.04. The Kier molecular flexibility index (Phi) is 6.36. The van der Waals surface area contributed by atoms with Crippen LogP contribution >= 0.6 is 0 Å². The Morgan fingerprint density at radius 2 is 1.71 bits per heavy atom. The molecule has 0 radical (unpaired) electrons. The van der Waals surface area contributed by atoms with Gasteiger partial charge in [0.2, 0.25) is 11.9 Å². The fourth-order valence-corrected chi connectivity index (χ4v) is 2.06. The molecule has 0 unspecified atom stereocenters. The van der Waals surface area contributed by atoms with Crippen LogP contribution in [-0.4, -0.2) is 29.6 Å². The normalized spacial score (nSPS) is 10.1. The summed E-state index contributed by atoms with van der Waals surface area (Å²) in [6.45, 7) is 4.20. The molecule has 128 valence electrons. The molecule has 1 aromatic carbocycles. The van der Waals surface area contributed by atoms with Gasteiger partial charge in [-0.05, 0) is 50.6 Å². The molecule has 0 aliphatic rings. The quantitative estimate of drug-likeness (QED) is 0.571. The van der Waals surface area contributed by atoms with E-state index >= 15 is 0 Å². The molecule has 7 heteroatoms. The van der Waals surface area contributed by atoms with Gasteiger partial charge in [0.05, 0.1) is 13.7 Å². The predicted octanol–water partition coefficient (Wildman–Crippen LogP) is 2.40. The van der Waals surface area contributed by atoms with E-state index in [0.717, 1.165) is 22.9 Å². The maximum absolute atomic E-state index is 11.8. The fraction of sp³-hybridized carbons (Fsp3) is 0.353. The minimum Gasteiger partial charge on any atom is -0.497 e. The molecule has 0 bridgehead atoms. The Bertz CT molecular complexity index is 654. The number of carbonyl (C=O) groups excluding carboxylic acids is 1. The average molecular weight is 330 g/mol. The third-order valence-corrected chi connectivity index (χ3v) is 3.17. The molecule has 0 atom stereocenters. The number of nitrogens with zero attached hydrogens (tertiary/aromatic N) is 2. The number of ether oxygens (including phenoxy) is 2. The van der Waals surface area contributed by atoms with Crippen molar-refractivity contribution < 1.29 is 14.3 Å². The van der Waals surface area contributed by atoms with Gasteiger partial charge in [0.25, 0.3) is 0 Å². The standard InChI is InChI=1S/C17H22N4O3/c1-12-11-13(2)19-17(18-12)21-20-16(22)5-4-10-24-15-8-6-14(23-3)7-9-15/h6-9,11H,4-5,10H2,1-3H3,(H,20,22)(H,18,19,21). The highest BCUT2D eigenvalue weighted by Crippen LogP contribution is 2.17. The lowest BCUT2D eigenvalue weighted by Crippen LogP contribution is -2.30. The molecule has 0 saturated heterocycles. The molecule has 0 fully saturated rings. The number of amides is 1. The Morgan fingerprint density at radius 1 is 1.08 bits per heavy atom. The van der Waals surface area contributed by atoms with Gasteiger partial charge in [-0.1, -0.05) is 0 Å². The summed E-state index contributed by atoms with van der Waals surface area (Å²) in [6, 6.07) is 9.19. The Hall–Kier alpha value is -2.83. The maximum Gasteiger partial charge on any atom is 0.242 e. The lowest BCUT2D eigenvalue weighted by Gasteiger charge is -2.09. The second-order valence-electron chi connectivity index (χ2n) is 5.28. The van der Waals surface area contributed by atoms with Crippen molar-refractivity contribution in [1.29, 1.82) is 0 Å². The molecule has 1 heterocycles. The summed E-state index contributed by atoms with van der Waals surface area (Å²) >= 11 is 0. The molecule has 0 saturated carbocycles. The van der Waals surface area contributed by atoms with Gasteiger partial charge < -0.3 is 9.47 Å². The van der Waals surface area contributed by atoms with Crippen LogP contribution in [-0.2, 0) is 4.79 Å². The van der Waals surface area contributed by atoms with E-state index < -0.39 is 0 Å². The van der Waals surface area contributed by atoms with E-state index in [0.29, 0.717) is 25.4 Å². The third-order valence-electron chi connectivity index (χ3n) is 3.17. The lowest BCUT2D eigenvalue weighted by molar-refractivity contribution is -0.120. The number of methoxy groups -OCH3 is 1. The summed E-state index contributed by atoms with van der Waals surface area (Å²) in [5.41, 5.74) is 6.98. The van der Waals surface area contributed by atoms with E-state index in [1.165, 1.54) is 0 Å². The second-order valence-corrected chi connectivity index (χ2v) is 5.28. The van der Waals surface area contributed by atoms with E-state index in [4.69, 9.17) is 9.47 Å². The molecule has 0 spiro atoms. The van der Waals surface area contributed by atoms with Gasteiger partial charge in [-0.3, -0.25) is 15.6 Å². The minimum absolute atomic E-state index is 0.143. The number of aromatic nitrogens is 2. The first-order valence-corrected chi connectivity index (χ1v) is 7.71. The van der Waals surface area contributed by atoms with Gasteiger partial charge in [0.1, 0.15) is 11.5 Å². The average Bonchev–Trinajstić information content (AvgIpc) is 2.56. The monoisotopic (exact) mass is 330 g/mol. The number of hydrogen-bond donors (Lipinski definition) is 2. The highest BCUT2D eigenvalue weighted by molar-refractivity contribution is 5.76. The van der Waals surface area contributed by atoms with E-state index in [2.05, 4.69) is 20.8 Å². The van der Waals surface area contributed by atoms with Crippen LogP contribution in [0.4, 0.5) is 5.95 Å². The van der Waals surface area contributed by atoms with Gasteiger partial charge >= 0.3 is 0 Å². The zero-order valence-corrected chi connectivity index (χ0v) is 14.1. The van der Waals surface area contributed by atoms with E-state index in [9.17, 15) is 4.79 Å². The van der Waals surface area contributed by atoms with Crippen molar-refractivity contribution in [3.63, 3.8) is 0 Å². The van der Waals surface area contributed by atoms with Gasteiger partial charge in [-0.25, -0.2) is 9.97 Å². The number of nitrogens with one attached hydrogen (secondary N) is 2. The number of rotatable bonds is 8. The number of anilines is 1. The Labute approximate surface area is 141 Å². The van der Waals surface area contributed by atoms with Crippen LogP contribution in [0.15, 0.2) is 30.3 Å². The molecule has 1 aromatic heterocycles. The van der Waals surface area contributed by atoms with Gasteiger partial charge in [-0.2, -0.15) is 0 Å². The van der Waals surface area contributed by atoms with Crippen molar-refractivity contribution in [3.8, 4) is 11.5 Å². The van der Waals surface area contributed by atoms with Crippen LogP contribution in [0.5, 0.6) is 11.5 Å². The largest absolute Gasteiger partial charge is 0.497 e. The van der Waals surface area contributed by atoms with Gasteiger partial charge in [-0.15, -0.1) is 0 Å². The van der Waals surface area contributed by atoms with E-state index in [1.54, 1.807) is 7.11 Å². The number of hydrazine groups is 1. The molecular formula is C17H22N4O3. The van der Waals surface area contributed by atoms with Crippen molar-refractivity contribution in [1.82, 2.24) is 15.4 Å². The third kappa shape index (κ3) is 5.75. The van der Waals surface area contributed by atoms with Crippen molar-refractivity contribution in [2.24, 2.45) is 0 Å². The molecular weight excluding hydrogens is 308 g/mol. The van der Waals surface area contributed by atoms with Crippen LogP contribution in [0.25, 0.3) is 0 Å². The smallest absolute Gasteiger partial charge is 0.242 e. The highest BCUT2D eigenvalue weighted by atomic mass is 16.5. The Morgan fingerprint density at radius 3 is 2.33 bits per heavy atom. The first kappa shape index (κ1) is 17.5. The van der Waals surface area contributed by atoms with E-state index in [-0.39, 0.29) is 5.91 Å². The van der Waals surface area contributed by atoms with Crippen LogP contribution in [0, 0.1) is 13.8 Å². The molecule has 1 amide bonds. The fourth-order valence-electron chi connectivity index (χ4n) is 2.06. The molecule has 2 N–H and O–H groups in total. The summed E-state index contributed by atoms with van der Waals surface area (Å²) in [5, 5.41) is 0. The van der Waals surface area contributed by atoms with Gasteiger partial charge in [0, 0.05) is 17.8 Å². The molecule has 2 aromatic rings. The number of aryl methyl sites for hydroxylation is 2.